The summed E-state index contributed by atoms with van der Waals surface area (Å²) in [7, 11) is 0. The third kappa shape index (κ3) is 1.75. The van der Waals surface area contributed by atoms with Crippen LogP contribution in [0.5, 0.6) is 0 Å². The van der Waals surface area contributed by atoms with Gasteiger partial charge in [0.1, 0.15) is 5.60 Å². The van der Waals surface area contributed by atoms with Crippen LogP contribution in [0.3, 0.4) is 0 Å². The fourth-order valence-electron chi connectivity index (χ4n) is 4.33. The van der Waals surface area contributed by atoms with Crippen LogP contribution in [-0.2, 0) is 14.6 Å². The van der Waals surface area contributed by atoms with E-state index in [-0.39, 0.29) is 11.6 Å². The van der Waals surface area contributed by atoms with E-state index in [2.05, 4.69) is 0 Å². The predicted molar refractivity (Wildman–Crippen MR) is 58.4 cm³/mol. The zero-order chi connectivity index (χ0) is 11.2. The molecule has 90 valence electrons. The molecule has 0 N–H and O–H groups in total. The van der Waals surface area contributed by atoms with Crippen molar-refractivity contribution in [2.24, 2.45) is 17.8 Å². The summed E-state index contributed by atoms with van der Waals surface area (Å²) in [6.45, 7) is 1.80. The summed E-state index contributed by atoms with van der Waals surface area (Å²) in [4.78, 5) is 21.6. The van der Waals surface area contributed by atoms with Crippen molar-refractivity contribution in [1.29, 1.82) is 0 Å². The standard InChI is InChI=1S/C13H20O3/c1-2-12(14)15-16-13-6-9-3-10(7-13)5-11(4-9)8-13/h9-11H,2-8H2,1H3. The number of hydrogen-bond acceptors (Lipinski definition) is 3. The summed E-state index contributed by atoms with van der Waals surface area (Å²) in [5, 5.41) is 0. The van der Waals surface area contributed by atoms with Crippen molar-refractivity contribution >= 4 is 5.97 Å². The lowest BCUT2D eigenvalue weighted by Gasteiger charge is -2.54. The Morgan fingerprint density at radius 3 is 2.06 bits per heavy atom. The molecule has 0 aromatic heterocycles. The van der Waals surface area contributed by atoms with Gasteiger partial charge >= 0.3 is 5.97 Å². The van der Waals surface area contributed by atoms with E-state index < -0.39 is 0 Å². The quantitative estimate of drug-likeness (QED) is 0.546. The molecular formula is C13H20O3. The lowest BCUT2D eigenvalue weighted by molar-refractivity contribution is -0.360. The second-order valence-electron chi connectivity index (χ2n) is 5.99. The van der Waals surface area contributed by atoms with Crippen LogP contribution >= 0.6 is 0 Å². The Morgan fingerprint density at radius 2 is 1.62 bits per heavy atom. The average Bonchev–Trinajstić information content (AvgIpc) is 2.24. The van der Waals surface area contributed by atoms with E-state index in [4.69, 9.17) is 9.78 Å². The Hall–Kier alpha value is -0.570. The van der Waals surface area contributed by atoms with Gasteiger partial charge in [0.05, 0.1) is 0 Å². The zero-order valence-corrected chi connectivity index (χ0v) is 9.91. The highest BCUT2D eigenvalue weighted by Crippen LogP contribution is 2.57. The van der Waals surface area contributed by atoms with Gasteiger partial charge in [-0.15, -0.1) is 0 Å². The van der Waals surface area contributed by atoms with Gasteiger partial charge in [-0.25, -0.2) is 4.79 Å². The average molecular weight is 224 g/mol. The molecule has 0 atom stereocenters. The molecule has 0 unspecified atom stereocenters. The number of hydrogen-bond donors (Lipinski definition) is 0. The first kappa shape index (κ1) is 10.6. The maximum atomic E-state index is 11.2. The van der Waals surface area contributed by atoms with Gasteiger partial charge in [0.2, 0.25) is 0 Å². The molecule has 4 aliphatic rings. The molecule has 0 amide bonds. The molecular weight excluding hydrogens is 204 g/mol. The molecule has 0 aromatic carbocycles. The van der Waals surface area contributed by atoms with Crippen LogP contribution < -0.4 is 0 Å². The molecule has 0 spiro atoms. The van der Waals surface area contributed by atoms with Crippen molar-refractivity contribution in [3.8, 4) is 0 Å². The highest BCUT2D eigenvalue weighted by molar-refractivity contribution is 5.68. The van der Waals surface area contributed by atoms with Crippen LogP contribution in [0.25, 0.3) is 0 Å². The van der Waals surface area contributed by atoms with Crippen LogP contribution in [0.4, 0.5) is 0 Å². The fraction of sp³-hybridized carbons (Fsp3) is 0.923. The third-order valence-corrected chi connectivity index (χ3v) is 4.58. The van der Waals surface area contributed by atoms with Crippen LogP contribution in [0.1, 0.15) is 51.9 Å². The molecule has 16 heavy (non-hydrogen) atoms. The molecule has 0 saturated heterocycles. The predicted octanol–water partition coefficient (Wildman–Crippen LogP) is 2.84. The van der Waals surface area contributed by atoms with Crippen molar-refractivity contribution < 1.29 is 14.6 Å². The van der Waals surface area contributed by atoms with Crippen molar-refractivity contribution in [1.82, 2.24) is 0 Å². The smallest absolute Gasteiger partial charge is 0.298 e. The number of carbonyl (C=O) groups is 1. The fourth-order valence-corrected chi connectivity index (χ4v) is 4.33. The van der Waals surface area contributed by atoms with Crippen LogP contribution in [0, 0.1) is 17.8 Å². The summed E-state index contributed by atoms with van der Waals surface area (Å²) in [5.41, 5.74) is -0.112. The Bertz CT molecular complexity index is 262. The Balaban J connectivity index is 1.67. The summed E-state index contributed by atoms with van der Waals surface area (Å²) in [6.07, 6.45) is 7.85. The first-order valence-electron chi connectivity index (χ1n) is 6.57. The molecule has 4 saturated carbocycles. The topological polar surface area (TPSA) is 35.5 Å². The van der Waals surface area contributed by atoms with Crippen molar-refractivity contribution in [2.75, 3.05) is 0 Å². The lowest BCUT2D eigenvalue weighted by atomic mass is 9.54. The summed E-state index contributed by atoms with van der Waals surface area (Å²) >= 11 is 0. The van der Waals surface area contributed by atoms with E-state index in [1.165, 1.54) is 19.3 Å². The van der Waals surface area contributed by atoms with E-state index in [1.807, 2.05) is 0 Å². The lowest BCUT2D eigenvalue weighted by Crippen LogP contribution is -2.52. The van der Waals surface area contributed by atoms with E-state index in [0.29, 0.717) is 6.42 Å². The third-order valence-electron chi connectivity index (χ3n) is 4.58. The van der Waals surface area contributed by atoms with E-state index in [9.17, 15) is 4.79 Å². The highest BCUT2D eigenvalue weighted by Gasteiger charge is 2.53. The largest absolute Gasteiger partial charge is 0.342 e. The first-order chi connectivity index (χ1) is 7.69. The maximum Gasteiger partial charge on any atom is 0.342 e. The first-order valence-corrected chi connectivity index (χ1v) is 6.57. The molecule has 0 aliphatic heterocycles. The van der Waals surface area contributed by atoms with Gasteiger partial charge in [0, 0.05) is 6.42 Å². The normalized spacial score (nSPS) is 44.7. The van der Waals surface area contributed by atoms with E-state index in [1.54, 1.807) is 6.92 Å². The minimum absolute atomic E-state index is 0.112. The molecule has 4 bridgehead atoms. The van der Waals surface area contributed by atoms with E-state index in [0.717, 1.165) is 37.0 Å². The van der Waals surface area contributed by atoms with Crippen molar-refractivity contribution in [3.63, 3.8) is 0 Å². The van der Waals surface area contributed by atoms with Crippen LogP contribution in [0.15, 0.2) is 0 Å². The summed E-state index contributed by atoms with van der Waals surface area (Å²) in [5.74, 6) is 2.24. The Morgan fingerprint density at radius 1 is 1.12 bits per heavy atom. The van der Waals surface area contributed by atoms with Gasteiger partial charge in [0.15, 0.2) is 0 Å². The molecule has 4 aliphatic carbocycles. The molecule has 3 nitrogen and oxygen atoms in total. The Kier molecular flexibility index (Phi) is 2.46. The maximum absolute atomic E-state index is 11.2. The Labute approximate surface area is 96.4 Å². The highest BCUT2D eigenvalue weighted by atomic mass is 17.2. The molecule has 0 aromatic rings. The van der Waals surface area contributed by atoms with Crippen LogP contribution in [-0.4, -0.2) is 11.6 Å². The summed E-state index contributed by atoms with van der Waals surface area (Å²) < 4.78 is 0. The van der Waals surface area contributed by atoms with Gasteiger partial charge < -0.3 is 0 Å². The monoisotopic (exact) mass is 224 g/mol. The molecule has 0 heterocycles. The van der Waals surface area contributed by atoms with Gasteiger partial charge in [-0.05, 0) is 56.3 Å². The van der Waals surface area contributed by atoms with Crippen molar-refractivity contribution in [3.05, 3.63) is 0 Å². The zero-order valence-electron chi connectivity index (χ0n) is 9.91. The van der Waals surface area contributed by atoms with E-state index >= 15 is 0 Å². The molecule has 4 fully saturated rings. The van der Waals surface area contributed by atoms with Gasteiger partial charge in [0.25, 0.3) is 0 Å². The summed E-state index contributed by atoms with van der Waals surface area (Å²) in [6, 6.07) is 0. The second kappa shape index (κ2) is 3.73. The number of carbonyl (C=O) groups excluding carboxylic acids is 1. The van der Waals surface area contributed by atoms with Crippen molar-refractivity contribution in [2.45, 2.75) is 57.5 Å². The van der Waals surface area contributed by atoms with Gasteiger partial charge in [-0.1, -0.05) is 6.92 Å². The van der Waals surface area contributed by atoms with Crippen LogP contribution in [0.2, 0.25) is 0 Å². The molecule has 0 radical (unpaired) electrons. The number of rotatable bonds is 3. The second-order valence-corrected chi connectivity index (χ2v) is 5.99. The van der Waals surface area contributed by atoms with Gasteiger partial charge in [-0.3, -0.25) is 4.89 Å². The molecule has 4 rings (SSSR count). The molecule has 3 heteroatoms. The SMILES string of the molecule is CCC(=O)OOC12CC3CC(CC(C3)C1)C2. The minimum Gasteiger partial charge on any atom is -0.298 e. The minimum atomic E-state index is -0.240. The van der Waals surface area contributed by atoms with Gasteiger partial charge in [-0.2, -0.15) is 4.89 Å².